The van der Waals surface area contributed by atoms with Crippen LogP contribution in [0.15, 0.2) is 53.6 Å². The summed E-state index contributed by atoms with van der Waals surface area (Å²) in [6.07, 6.45) is 1.37. The Kier molecular flexibility index (Phi) is 5.90. The number of nitrogens with two attached hydrogens (primary N) is 1. The minimum atomic E-state index is -1.10. The number of nitrogens with one attached hydrogen (secondary N) is 1. The van der Waals surface area contributed by atoms with Crippen molar-refractivity contribution in [3.8, 4) is 11.5 Å². The summed E-state index contributed by atoms with van der Waals surface area (Å²) in [5.41, 5.74) is 8.51. The molecule has 0 atom stereocenters. The lowest BCUT2D eigenvalue weighted by Crippen LogP contribution is -2.32. The zero-order valence-corrected chi connectivity index (χ0v) is 13.1. The van der Waals surface area contributed by atoms with Gasteiger partial charge in [-0.05, 0) is 29.3 Å². The van der Waals surface area contributed by atoms with Gasteiger partial charge < -0.3 is 15.2 Å². The molecule has 2 aromatic carbocycles. The third-order valence-electron chi connectivity index (χ3n) is 3.03. The lowest BCUT2D eigenvalue weighted by Gasteiger charge is -2.11. The number of amides is 2. The maximum Gasteiger partial charge on any atom is 0.329 e. The van der Waals surface area contributed by atoms with E-state index >= 15 is 0 Å². The molecule has 124 valence electrons. The molecule has 0 saturated heterocycles. The fourth-order valence-electron chi connectivity index (χ4n) is 1.84. The van der Waals surface area contributed by atoms with E-state index in [1.165, 1.54) is 13.3 Å². The molecule has 0 radical (unpaired) electrons. The average Bonchev–Trinajstić information content (AvgIpc) is 2.61. The molecular formula is C17H17N3O4. The first-order valence-electron chi connectivity index (χ1n) is 7.07. The Balaban J connectivity index is 2.03. The van der Waals surface area contributed by atoms with Crippen LogP contribution < -0.4 is 20.6 Å². The first kappa shape index (κ1) is 17.0. The van der Waals surface area contributed by atoms with Crippen LogP contribution in [0, 0.1) is 0 Å². The van der Waals surface area contributed by atoms with Gasteiger partial charge in [0, 0.05) is 0 Å². The van der Waals surface area contributed by atoms with Crippen molar-refractivity contribution in [1.82, 2.24) is 5.43 Å². The number of methoxy groups -OCH3 is 1. The maximum atomic E-state index is 11.0. The minimum absolute atomic E-state index is 0.416. The van der Waals surface area contributed by atoms with Gasteiger partial charge in [-0.1, -0.05) is 30.3 Å². The molecule has 24 heavy (non-hydrogen) atoms. The standard InChI is InChI=1S/C17H17N3O4/c1-23-15-9-13(10-19-20-17(22)16(18)21)7-8-14(15)24-11-12-5-3-2-4-6-12/h2-10H,11H2,1H3,(H2,18,21)(H,20,22). The van der Waals surface area contributed by atoms with E-state index in [1.807, 2.05) is 35.8 Å². The summed E-state index contributed by atoms with van der Waals surface area (Å²) in [4.78, 5) is 21.6. The molecule has 0 aliphatic heterocycles. The molecule has 0 heterocycles. The van der Waals surface area contributed by atoms with Crippen LogP contribution in [0.4, 0.5) is 0 Å². The van der Waals surface area contributed by atoms with Crippen LogP contribution in [0.2, 0.25) is 0 Å². The van der Waals surface area contributed by atoms with E-state index in [1.54, 1.807) is 18.2 Å². The van der Waals surface area contributed by atoms with Crippen molar-refractivity contribution in [2.75, 3.05) is 7.11 Å². The maximum absolute atomic E-state index is 11.0. The number of carbonyl (C=O) groups is 2. The van der Waals surface area contributed by atoms with Crippen molar-refractivity contribution in [1.29, 1.82) is 0 Å². The van der Waals surface area contributed by atoms with Crippen molar-refractivity contribution in [3.63, 3.8) is 0 Å². The highest BCUT2D eigenvalue weighted by molar-refractivity contribution is 6.34. The molecule has 2 aromatic rings. The zero-order chi connectivity index (χ0) is 17.4. The highest BCUT2D eigenvalue weighted by Gasteiger charge is 2.07. The minimum Gasteiger partial charge on any atom is -0.493 e. The normalized spacial score (nSPS) is 10.4. The lowest BCUT2D eigenvalue weighted by molar-refractivity contribution is -0.137. The predicted octanol–water partition coefficient (Wildman–Crippen LogP) is 1.21. The van der Waals surface area contributed by atoms with E-state index in [0.717, 1.165) is 5.56 Å². The number of primary amides is 1. The van der Waals surface area contributed by atoms with Crippen LogP contribution in [0.1, 0.15) is 11.1 Å². The summed E-state index contributed by atoms with van der Waals surface area (Å²) >= 11 is 0. The fourth-order valence-corrected chi connectivity index (χ4v) is 1.84. The Labute approximate surface area is 139 Å². The van der Waals surface area contributed by atoms with E-state index in [-0.39, 0.29) is 0 Å². The summed E-state index contributed by atoms with van der Waals surface area (Å²) in [5, 5.41) is 3.64. The van der Waals surface area contributed by atoms with Gasteiger partial charge in [0.2, 0.25) is 0 Å². The second-order valence-electron chi connectivity index (χ2n) is 4.75. The average molecular weight is 327 g/mol. The van der Waals surface area contributed by atoms with E-state index in [0.29, 0.717) is 23.7 Å². The monoisotopic (exact) mass is 327 g/mol. The van der Waals surface area contributed by atoms with Crippen molar-refractivity contribution in [2.24, 2.45) is 10.8 Å². The van der Waals surface area contributed by atoms with Crippen LogP contribution in [0.25, 0.3) is 0 Å². The fraction of sp³-hybridized carbons (Fsp3) is 0.118. The topological polar surface area (TPSA) is 103 Å². The first-order chi connectivity index (χ1) is 11.6. The Morgan fingerprint density at radius 3 is 2.58 bits per heavy atom. The van der Waals surface area contributed by atoms with Gasteiger partial charge in [0.25, 0.3) is 0 Å². The van der Waals surface area contributed by atoms with Gasteiger partial charge in [0.05, 0.1) is 13.3 Å². The van der Waals surface area contributed by atoms with Crippen LogP contribution in [-0.4, -0.2) is 25.1 Å². The van der Waals surface area contributed by atoms with Gasteiger partial charge in [-0.3, -0.25) is 9.59 Å². The largest absolute Gasteiger partial charge is 0.493 e. The molecular weight excluding hydrogens is 310 g/mol. The molecule has 0 unspecified atom stereocenters. The van der Waals surface area contributed by atoms with E-state index < -0.39 is 11.8 Å². The lowest BCUT2D eigenvalue weighted by atomic mass is 10.2. The van der Waals surface area contributed by atoms with Crippen molar-refractivity contribution >= 4 is 18.0 Å². The molecule has 7 heteroatoms. The summed E-state index contributed by atoms with van der Waals surface area (Å²) < 4.78 is 11.0. The summed E-state index contributed by atoms with van der Waals surface area (Å²) in [6.45, 7) is 0.416. The van der Waals surface area contributed by atoms with Crippen molar-refractivity contribution < 1.29 is 19.1 Å². The summed E-state index contributed by atoms with van der Waals surface area (Å²) in [5.74, 6) is -0.980. The molecule has 0 bridgehead atoms. The van der Waals surface area contributed by atoms with Gasteiger partial charge in [0.1, 0.15) is 6.61 Å². The number of nitrogens with zero attached hydrogens (tertiary/aromatic N) is 1. The zero-order valence-electron chi connectivity index (χ0n) is 13.1. The Hall–Kier alpha value is -3.35. The smallest absolute Gasteiger partial charge is 0.329 e. The quantitative estimate of drug-likeness (QED) is 0.473. The van der Waals surface area contributed by atoms with Crippen LogP contribution in [0.3, 0.4) is 0 Å². The Morgan fingerprint density at radius 2 is 1.92 bits per heavy atom. The van der Waals surface area contributed by atoms with Gasteiger partial charge in [-0.25, -0.2) is 5.43 Å². The molecule has 0 aliphatic rings. The van der Waals surface area contributed by atoms with Gasteiger partial charge in [-0.15, -0.1) is 0 Å². The number of carbonyl (C=O) groups excluding carboxylic acids is 2. The van der Waals surface area contributed by atoms with Crippen molar-refractivity contribution in [3.05, 3.63) is 59.7 Å². The third kappa shape index (κ3) is 4.84. The number of hydrazone groups is 1. The number of ether oxygens (including phenoxy) is 2. The van der Waals surface area contributed by atoms with E-state index in [9.17, 15) is 9.59 Å². The van der Waals surface area contributed by atoms with E-state index in [4.69, 9.17) is 15.2 Å². The Bertz CT molecular complexity index is 745. The second kappa shape index (κ2) is 8.33. The molecule has 0 fully saturated rings. The predicted molar refractivity (Wildman–Crippen MR) is 88.7 cm³/mol. The second-order valence-corrected chi connectivity index (χ2v) is 4.75. The highest BCUT2D eigenvalue weighted by Crippen LogP contribution is 2.28. The molecule has 3 N–H and O–H groups in total. The molecule has 7 nitrogen and oxygen atoms in total. The van der Waals surface area contributed by atoms with Gasteiger partial charge in [-0.2, -0.15) is 5.10 Å². The molecule has 0 saturated carbocycles. The number of hydrogen-bond acceptors (Lipinski definition) is 5. The highest BCUT2D eigenvalue weighted by atomic mass is 16.5. The molecule has 0 aromatic heterocycles. The molecule has 0 spiro atoms. The van der Waals surface area contributed by atoms with Gasteiger partial charge >= 0.3 is 11.8 Å². The van der Waals surface area contributed by atoms with Crippen LogP contribution in [0.5, 0.6) is 11.5 Å². The summed E-state index contributed by atoms with van der Waals surface area (Å²) in [7, 11) is 1.53. The van der Waals surface area contributed by atoms with Gasteiger partial charge in [0.15, 0.2) is 11.5 Å². The SMILES string of the molecule is COc1cc(C=NNC(=O)C(N)=O)ccc1OCc1ccccc1. The van der Waals surface area contributed by atoms with Crippen LogP contribution in [-0.2, 0) is 16.2 Å². The summed E-state index contributed by atoms with van der Waals surface area (Å²) in [6, 6.07) is 14.9. The number of rotatable bonds is 6. The number of hydrogen-bond donors (Lipinski definition) is 2. The third-order valence-corrected chi connectivity index (χ3v) is 3.03. The molecule has 2 rings (SSSR count). The Morgan fingerprint density at radius 1 is 1.17 bits per heavy atom. The van der Waals surface area contributed by atoms with Crippen LogP contribution >= 0.6 is 0 Å². The number of benzene rings is 2. The first-order valence-corrected chi connectivity index (χ1v) is 7.07. The molecule has 0 aliphatic carbocycles. The van der Waals surface area contributed by atoms with Crippen molar-refractivity contribution in [2.45, 2.75) is 6.61 Å². The molecule has 2 amide bonds. The van der Waals surface area contributed by atoms with E-state index in [2.05, 4.69) is 5.10 Å².